The molecule has 1 saturated heterocycles. The minimum absolute atomic E-state index is 0.0545. The minimum Gasteiger partial charge on any atom is -0.507 e. The highest BCUT2D eigenvalue weighted by molar-refractivity contribution is 9.10. The van der Waals surface area contributed by atoms with Crippen molar-refractivity contribution in [3.63, 3.8) is 0 Å². The molecule has 0 radical (unpaired) electrons. The minimum atomic E-state index is -0.765. The van der Waals surface area contributed by atoms with Crippen LogP contribution >= 0.6 is 15.9 Å². The lowest BCUT2D eigenvalue weighted by molar-refractivity contribution is -0.140. The quantitative estimate of drug-likeness (QED) is 0.268. The van der Waals surface area contributed by atoms with Gasteiger partial charge in [-0.2, -0.15) is 0 Å². The number of nitrogens with zero attached hydrogens (tertiary/aromatic N) is 2. The Morgan fingerprint density at radius 2 is 1.91 bits per heavy atom. The fraction of sp³-hybridized carbons (Fsp3) is 0.192. The molecule has 7 heteroatoms. The lowest BCUT2D eigenvalue weighted by atomic mass is 9.95. The monoisotopic (exact) mass is 506 g/mol. The topological polar surface area (TPSA) is 79.7 Å². The molecule has 1 fully saturated rings. The van der Waals surface area contributed by atoms with Gasteiger partial charge in [0.1, 0.15) is 11.5 Å². The number of hydrogen-bond donors (Lipinski definition) is 1. The second-order valence-corrected chi connectivity index (χ2v) is 8.63. The van der Waals surface area contributed by atoms with Gasteiger partial charge in [0.25, 0.3) is 11.7 Å². The molecule has 1 atom stereocenters. The van der Waals surface area contributed by atoms with Gasteiger partial charge in [0.2, 0.25) is 0 Å². The van der Waals surface area contributed by atoms with Gasteiger partial charge in [0, 0.05) is 29.0 Å². The molecule has 1 aromatic heterocycles. The molecule has 2 aromatic carbocycles. The number of pyridine rings is 1. The van der Waals surface area contributed by atoms with Gasteiger partial charge in [-0.1, -0.05) is 53.2 Å². The van der Waals surface area contributed by atoms with E-state index in [0.717, 1.165) is 16.5 Å². The molecule has 0 bridgehead atoms. The summed E-state index contributed by atoms with van der Waals surface area (Å²) in [5.41, 5.74) is 1.98. The van der Waals surface area contributed by atoms with E-state index in [2.05, 4.69) is 20.9 Å². The Labute approximate surface area is 200 Å². The third-order valence-corrected chi connectivity index (χ3v) is 5.91. The number of amides is 1. The van der Waals surface area contributed by atoms with Crippen LogP contribution in [0.1, 0.15) is 36.1 Å². The number of aliphatic hydroxyl groups excluding tert-OH is 1. The summed E-state index contributed by atoms with van der Waals surface area (Å²) in [5, 5.41) is 11.1. The summed E-state index contributed by atoms with van der Waals surface area (Å²) in [7, 11) is 0. The van der Waals surface area contributed by atoms with Gasteiger partial charge in [0.15, 0.2) is 0 Å². The third-order valence-electron chi connectivity index (χ3n) is 5.38. The number of aliphatic hydroxyl groups is 1. The third kappa shape index (κ3) is 4.83. The van der Waals surface area contributed by atoms with Crippen molar-refractivity contribution in [1.82, 2.24) is 9.88 Å². The molecule has 4 rings (SSSR count). The summed E-state index contributed by atoms with van der Waals surface area (Å²) >= 11 is 3.38. The van der Waals surface area contributed by atoms with Crippen molar-refractivity contribution in [2.24, 2.45) is 0 Å². The Balaban J connectivity index is 1.84. The number of rotatable bonds is 7. The Hall–Kier alpha value is -3.45. The van der Waals surface area contributed by atoms with E-state index in [9.17, 15) is 14.7 Å². The first-order chi connectivity index (χ1) is 16.0. The van der Waals surface area contributed by atoms with E-state index in [0.29, 0.717) is 23.5 Å². The largest absolute Gasteiger partial charge is 0.507 e. The number of likely N-dealkylation sites (tertiary alicyclic amines) is 1. The van der Waals surface area contributed by atoms with Crippen LogP contribution in [0.4, 0.5) is 0 Å². The summed E-state index contributed by atoms with van der Waals surface area (Å²) in [6, 6.07) is 17.1. The number of ketones is 1. The van der Waals surface area contributed by atoms with Crippen LogP contribution in [0.2, 0.25) is 0 Å². The van der Waals surface area contributed by atoms with Crippen LogP contribution in [0.3, 0.4) is 0 Å². The first kappa shape index (κ1) is 22.7. The normalized spacial score (nSPS) is 17.4. The van der Waals surface area contributed by atoms with Crippen LogP contribution in [0.5, 0.6) is 5.75 Å². The molecule has 3 aromatic rings. The van der Waals surface area contributed by atoms with Gasteiger partial charge in [-0.05, 0) is 47.9 Å². The number of carbonyl (C=O) groups excluding carboxylic acids is 2. The van der Waals surface area contributed by atoms with E-state index in [1.165, 1.54) is 4.90 Å². The molecular weight excluding hydrogens is 484 g/mol. The van der Waals surface area contributed by atoms with Gasteiger partial charge < -0.3 is 14.7 Å². The standard InChI is InChI=1S/C26H23BrN2O4/c1-2-13-33-21-7-3-6-19(14-21)23-22(24(30)18-8-10-20(27)11-9-18)25(31)26(32)29(23)16-17-5-4-12-28-15-17/h3-12,14-15,23,30H,2,13,16H2,1H3/b24-22+. The molecule has 0 saturated carbocycles. The number of ether oxygens (including phenoxy) is 1. The first-order valence-corrected chi connectivity index (χ1v) is 11.4. The van der Waals surface area contributed by atoms with Gasteiger partial charge in [-0.25, -0.2) is 0 Å². The lowest BCUT2D eigenvalue weighted by Gasteiger charge is -2.25. The number of aromatic nitrogens is 1. The second kappa shape index (κ2) is 10.0. The maximum absolute atomic E-state index is 13.2. The highest BCUT2D eigenvalue weighted by atomic mass is 79.9. The summed E-state index contributed by atoms with van der Waals surface area (Å²) in [5.74, 6) is -0.948. The van der Waals surface area contributed by atoms with Gasteiger partial charge in [0.05, 0.1) is 18.2 Å². The summed E-state index contributed by atoms with van der Waals surface area (Å²) in [6.45, 7) is 2.75. The van der Waals surface area contributed by atoms with Crippen molar-refractivity contribution < 1.29 is 19.4 Å². The maximum atomic E-state index is 13.2. The Morgan fingerprint density at radius 3 is 2.61 bits per heavy atom. The van der Waals surface area contributed by atoms with Crippen molar-refractivity contribution in [3.8, 4) is 5.75 Å². The Kier molecular flexibility index (Phi) is 6.89. The average molecular weight is 507 g/mol. The Bertz CT molecular complexity index is 1190. The van der Waals surface area contributed by atoms with Crippen molar-refractivity contribution in [2.75, 3.05) is 6.61 Å². The maximum Gasteiger partial charge on any atom is 0.295 e. The molecule has 1 unspecified atom stereocenters. The molecule has 0 aliphatic carbocycles. The predicted molar refractivity (Wildman–Crippen MR) is 128 cm³/mol. The summed E-state index contributed by atoms with van der Waals surface area (Å²) in [4.78, 5) is 31.9. The fourth-order valence-corrected chi connectivity index (χ4v) is 4.10. The smallest absolute Gasteiger partial charge is 0.295 e. The van der Waals surface area contributed by atoms with Crippen molar-refractivity contribution in [3.05, 3.63) is 99.8 Å². The second-order valence-electron chi connectivity index (χ2n) is 7.72. The molecule has 1 aliphatic rings. The van der Waals surface area contributed by atoms with Gasteiger partial charge in [-0.15, -0.1) is 0 Å². The fourth-order valence-electron chi connectivity index (χ4n) is 3.84. The van der Waals surface area contributed by atoms with E-state index in [1.807, 2.05) is 37.3 Å². The SMILES string of the molecule is CCCOc1cccc(C2/C(=C(\O)c3ccc(Br)cc3)C(=O)C(=O)N2Cc2cccnc2)c1. The zero-order chi connectivity index (χ0) is 23.4. The zero-order valence-electron chi connectivity index (χ0n) is 18.1. The summed E-state index contributed by atoms with van der Waals surface area (Å²) < 4.78 is 6.62. The molecule has 1 amide bonds. The number of benzene rings is 2. The van der Waals surface area contributed by atoms with E-state index >= 15 is 0 Å². The van der Waals surface area contributed by atoms with Crippen LogP contribution in [-0.2, 0) is 16.1 Å². The van der Waals surface area contributed by atoms with Crippen LogP contribution in [0.15, 0.2) is 83.1 Å². The zero-order valence-corrected chi connectivity index (χ0v) is 19.7. The molecule has 2 heterocycles. The highest BCUT2D eigenvalue weighted by Crippen LogP contribution is 2.41. The van der Waals surface area contributed by atoms with Crippen LogP contribution in [-0.4, -0.2) is 33.3 Å². The van der Waals surface area contributed by atoms with E-state index in [-0.39, 0.29) is 17.9 Å². The predicted octanol–water partition coefficient (Wildman–Crippen LogP) is 5.25. The van der Waals surface area contributed by atoms with Gasteiger partial charge >= 0.3 is 0 Å². The summed E-state index contributed by atoms with van der Waals surface area (Å²) in [6.07, 6.45) is 4.16. The molecule has 6 nitrogen and oxygen atoms in total. The average Bonchev–Trinajstić information content (AvgIpc) is 3.08. The van der Waals surface area contributed by atoms with Crippen LogP contribution < -0.4 is 4.74 Å². The van der Waals surface area contributed by atoms with E-state index in [4.69, 9.17) is 4.74 Å². The van der Waals surface area contributed by atoms with Gasteiger partial charge in [-0.3, -0.25) is 14.6 Å². The highest BCUT2D eigenvalue weighted by Gasteiger charge is 2.46. The Morgan fingerprint density at radius 1 is 1.12 bits per heavy atom. The number of hydrogen-bond acceptors (Lipinski definition) is 5. The molecular formula is C26H23BrN2O4. The molecule has 1 aliphatic heterocycles. The number of halogens is 1. The van der Waals surface area contributed by atoms with E-state index in [1.54, 1.807) is 42.7 Å². The van der Waals surface area contributed by atoms with Crippen molar-refractivity contribution in [1.29, 1.82) is 0 Å². The van der Waals surface area contributed by atoms with E-state index < -0.39 is 17.7 Å². The molecule has 33 heavy (non-hydrogen) atoms. The van der Waals surface area contributed by atoms with Crippen LogP contribution in [0, 0.1) is 0 Å². The molecule has 168 valence electrons. The number of carbonyl (C=O) groups is 2. The van der Waals surface area contributed by atoms with Crippen LogP contribution in [0.25, 0.3) is 5.76 Å². The first-order valence-electron chi connectivity index (χ1n) is 10.7. The number of Topliss-reactive ketones (excluding diaryl/α,β-unsaturated/α-hetero) is 1. The molecule has 1 N–H and O–H groups in total. The molecule has 0 spiro atoms. The lowest BCUT2D eigenvalue weighted by Crippen LogP contribution is -2.29. The van der Waals surface area contributed by atoms with Crippen molar-refractivity contribution in [2.45, 2.75) is 25.9 Å². The van der Waals surface area contributed by atoms with Crippen molar-refractivity contribution >= 4 is 33.4 Å².